The van der Waals surface area contributed by atoms with Gasteiger partial charge in [-0.25, -0.2) is 4.39 Å². The summed E-state index contributed by atoms with van der Waals surface area (Å²) >= 11 is 0. The highest BCUT2D eigenvalue weighted by molar-refractivity contribution is 5.85. The maximum absolute atomic E-state index is 13.5. The molecule has 1 saturated heterocycles. The number of phenolic OH excluding ortho intramolecular Hbond substituents is 1. The first kappa shape index (κ1) is 16.0. The maximum atomic E-state index is 13.5. The van der Waals surface area contributed by atoms with Crippen LogP contribution in [-0.4, -0.2) is 25.4 Å². The lowest BCUT2D eigenvalue weighted by Gasteiger charge is -2.28. The van der Waals surface area contributed by atoms with Crippen LogP contribution in [-0.2, 0) is 4.74 Å². The fourth-order valence-electron chi connectivity index (χ4n) is 2.33. The zero-order chi connectivity index (χ0) is 13.1. The summed E-state index contributed by atoms with van der Waals surface area (Å²) in [5.41, 5.74) is 6.53. The third kappa shape index (κ3) is 3.49. The van der Waals surface area contributed by atoms with Crippen LogP contribution in [0.25, 0.3) is 0 Å². The number of nitrogens with two attached hydrogens (primary N) is 1. The van der Waals surface area contributed by atoms with Gasteiger partial charge in [0.15, 0.2) is 11.5 Å². The number of phenols is 1. The van der Waals surface area contributed by atoms with E-state index in [1.807, 2.05) is 0 Å². The summed E-state index contributed by atoms with van der Waals surface area (Å²) in [4.78, 5) is 0. The van der Waals surface area contributed by atoms with E-state index in [2.05, 4.69) is 0 Å². The van der Waals surface area contributed by atoms with Gasteiger partial charge < -0.3 is 20.3 Å². The van der Waals surface area contributed by atoms with Crippen molar-refractivity contribution in [2.75, 3.05) is 20.3 Å². The van der Waals surface area contributed by atoms with Crippen molar-refractivity contribution in [3.05, 3.63) is 23.5 Å². The molecule has 1 aromatic rings. The Hall–Kier alpha value is -1.04. The number of hydrogen-bond donors (Lipinski definition) is 2. The van der Waals surface area contributed by atoms with Gasteiger partial charge in [0.1, 0.15) is 5.82 Å². The van der Waals surface area contributed by atoms with Gasteiger partial charge in [0.05, 0.1) is 7.11 Å². The summed E-state index contributed by atoms with van der Waals surface area (Å²) in [7, 11) is 1.39. The van der Waals surface area contributed by atoms with Crippen molar-refractivity contribution in [1.29, 1.82) is 0 Å². The van der Waals surface area contributed by atoms with Crippen LogP contribution in [0, 0.1) is 11.7 Å². The van der Waals surface area contributed by atoms with Crippen LogP contribution in [0.15, 0.2) is 12.1 Å². The summed E-state index contributed by atoms with van der Waals surface area (Å²) in [5.74, 6) is -0.219. The summed E-state index contributed by atoms with van der Waals surface area (Å²) in [6.45, 7) is 1.32. The van der Waals surface area contributed by atoms with Gasteiger partial charge in [0, 0.05) is 30.9 Å². The van der Waals surface area contributed by atoms with Crippen LogP contribution in [0.4, 0.5) is 4.39 Å². The number of hydrogen-bond acceptors (Lipinski definition) is 4. The highest BCUT2D eigenvalue weighted by Crippen LogP contribution is 2.38. The Balaban J connectivity index is 0.00000180. The third-order valence-corrected chi connectivity index (χ3v) is 3.42. The van der Waals surface area contributed by atoms with E-state index in [1.54, 1.807) is 0 Å². The van der Waals surface area contributed by atoms with Crippen molar-refractivity contribution in [3.63, 3.8) is 0 Å². The van der Waals surface area contributed by atoms with Gasteiger partial charge in [0.25, 0.3) is 0 Å². The molecule has 1 atom stereocenters. The van der Waals surface area contributed by atoms with Crippen LogP contribution in [0.3, 0.4) is 0 Å². The Labute approximate surface area is 118 Å². The number of halogens is 2. The quantitative estimate of drug-likeness (QED) is 0.897. The second kappa shape index (κ2) is 6.93. The Morgan fingerprint density at radius 1 is 1.42 bits per heavy atom. The average Bonchev–Trinajstić information content (AvgIpc) is 2.41. The van der Waals surface area contributed by atoms with Crippen molar-refractivity contribution < 1.29 is 19.0 Å². The highest BCUT2D eigenvalue weighted by Gasteiger charge is 2.26. The van der Waals surface area contributed by atoms with Crippen molar-refractivity contribution in [2.24, 2.45) is 11.7 Å². The van der Waals surface area contributed by atoms with E-state index in [0.29, 0.717) is 18.8 Å². The predicted molar refractivity (Wildman–Crippen MR) is 72.3 cm³/mol. The van der Waals surface area contributed by atoms with E-state index in [9.17, 15) is 9.50 Å². The van der Waals surface area contributed by atoms with Crippen molar-refractivity contribution >= 4 is 12.4 Å². The third-order valence-electron chi connectivity index (χ3n) is 3.42. The molecule has 0 spiro atoms. The highest BCUT2D eigenvalue weighted by atomic mass is 35.5. The van der Waals surface area contributed by atoms with E-state index in [1.165, 1.54) is 13.2 Å². The van der Waals surface area contributed by atoms with Crippen molar-refractivity contribution in [3.8, 4) is 11.5 Å². The monoisotopic (exact) mass is 291 g/mol. The first-order valence-electron chi connectivity index (χ1n) is 6.03. The van der Waals surface area contributed by atoms with Gasteiger partial charge in [-0.05, 0) is 24.8 Å². The minimum atomic E-state index is -0.456. The first-order chi connectivity index (χ1) is 8.63. The molecule has 19 heavy (non-hydrogen) atoms. The SMILES string of the molecule is COc1cc(F)cc([C@H](N)C2CCOCC2)c1O.Cl. The Kier molecular flexibility index (Phi) is 5.85. The normalized spacial score (nSPS) is 17.6. The van der Waals surface area contributed by atoms with E-state index >= 15 is 0 Å². The molecule has 1 aliphatic rings. The number of ether oxygens (including phenoxy) is 2. The zero-order valence-corrected chi connectivity index (χ0v) is 11.6. The fourth-order valence-corrected chi connectivity index (χ4v) is 2.33. The number of rotatable bonds is 3. The molecule has 1 aliphatic heterocycles. The molecule has 4 nitrogen and oxygen atoms in total. The van der Waals surface area contributed by atoms with Crippen molar-refractivity contribution in [1.82, 2.24) is 0 Å². The summed E-state index contributed by atoms with van der Waals surface area (Å²) in [6, 6.07) is 2.02. The molecule has 108 valence electrons. The first-order valence-corrected chi connectivity index (χ1v) is 6.03. The van der Waals surface area contributed by atoms with Crippen molar-refractivity contribution in [2.45, 2.75) is 18.9 Å². The lowest BCUT2D eigenvalue weighted by molar-refractivity contribution is 0.0580. The Morgan fingerprint density at radius 2 is 2.05 bits per heavy atom. The predicted octanol–water partition coefficient (Wildman–Crippen LogP) is 2.39. The average molecular weight is 292 g/mol. The summed E-state index contributed by atoms with van der Waals surface area (Å²) in [5, 5.41) is 10.0. The Bertz CT molecular complexity index is 425. The molecule has 0 unspecified atom stereocenters. The van der Waals surface area contributed by atoms with Crippen LogP contribution >= 0.6 is 12.4 Å². The van der Waals surface area contributed by atoms with Crippen LogP contribution in [0.1, 0.15) is 24.4 Å². The zero-order valence-electron chi connectivity index (χ0n) is 10.8. The lowest BCUT2D eigenvalue weighted by Crippen LogP contribution is -2.27. The van der Waals surface area contributed by atoms with Gasteiger partial charge in [-0.1, -0.05) is 0 Å². The van der Waals surface area contributed by atoms with Crippen LogP contribution in [0.2, 0.25) is 0 Å². The minimum Gasteiger partial charge on any atom is -0.504 e. The molecule has 1 aromatic carbocycles. The molecule has 0 aliphatic carbocycles. The topological polar surface area (TPSA) is 64.7 Å². The largest absolute Gasteiger partial charge is 0.504 e. The summed E-state index contributed by atoms with van der Waals surface area (Å²) in [6.07, 6.45) is 1.64. The molecular weight excluding hydrogens is 273 g/mol. The van der Waals surface area contributed by atoms with E-state index in [-0.39, 0.29) is 29.8 Å². The molecule has 0 amide bonds. The van der Waals surface area contributed by atoms with Gasteiger partial charge in [-0.2, -0.15) is 0 Å². The fraction of sp³-hybridized carbons (Fsp3) is 0.538. The molecule has 1 fully saturated rings. The second-order valence-electron chi connectivity index (χ2n) is 4.52. The van der Waals surface area contributed by atoms with Gasteiger partial charge in [0.2, 0.25) is 0 Å². The second-order valence-corrected chi connectivity index (χ2v) is 4.52. The molecule has 0 saturated carbocycles. The standard InChI is InChI=1S/C13H18FNO3.ClH/c1-17-11-7-9(14)6-10(13(11)16)12(15)8-2-4-18-5-3-8;/h6-8,12,16H,2-5,15H2,1H3;1H/t12-;/m1./s1. The summed E-state index contributed by atoms with van der Waals surface area (Å²) < 4.78 is 23.7. The molecule has 3 N–H and O–H groups in total. The molecule has 6 heteroatoms. The van der Waals surface area contributed by atoms with E-state index in [4.69, 9.17) is 15.2 Å². The Morgan fingerprint density at radius 3 is 2.63 bits per heavy atom. The smallest absolute Gasteiger partial charge is 0.163 e. The van der Waals surface area contributed by atoms with Gasteiger partial charge in [-0.15, -0.1) is 12.4 Å². The van der Waals surface area contributed by atoms with Crippen LogP contribution < -0.4 is 10.5 Å². The maximum Gasteiger partial charge on any atom is 0.163 e. The molecule has 0 bridgehead atoms. The van der Waals surface area contributed by atoms with Crippen LogP contribution in [0.5, 0.6) is 11.5 Å². The van der Waals surface area contributed by atoms with E-state index < -0.39 is 11.9 Å². The molecule has 0 aromatic heterocycles. The minimum absolute atomic E-state index is 0. The number of benzene rings is 1. The number of methoxy groups -OCH3 is 1. The van der Waals surface area contributed by atoms with Gasteiger partial charge >= 0.3 is 0 Å². The van der Waals surface area contributed by atoms with Gasteiger partial charge in [-0.3, -0.25) is 0 Å². The molecular formula is C13H19ClFNO3. The molecule has 1 heterocycles. The lowest BCUT2D eigenvalue weighted by atomic mass is 9.87. The van der Waals surface area contributed by atoms with E-state index in [0.717, 1.165) is 18.9 Å². The molecule has 0 radical (unpaired) electrons. The molecule has 2 rings (SSSR count). The number of aromatic hydroxyl groups is 1.